The number of hydrogen-bond acceptors (Lipinski definition) is 3. The van der Waals surface area contributed by atoms with E-state index in [2.05, 4.69) is 24.1 Å². The average Bonchev–Trinajstić information content (AvgIpc) is 3.16. The number of methoxy groups -OCH3 is 1. The molecule has 4 nitrogen and oxygen atoms in total. The Morgan fingerprint density at radius 3 is 2.70 bits per heavy atom. The third-order valence-corrected chi connectivity index (χ3v) is 4.88. The van der Waals surface area contributed by atoms with Gasteiger partial charge < -0.3 is 9.64 Å². The first-order valence-electron chi connectivity index (χ1n) is 8.21. The molecule has 0 aromatic carbocycles. The molecule has 0 bridgehead atoms. The Kier molecular flexibility index (Phi) is 5.44. The second-order valence-corrected chi connectivity index (χ2v) is 6.49. The minimum atomic E-state index is 0.0538. The number of hydrogen-bond donors (Lipinski definition) is 1. The van der Waals surface area contributed by atoms with Crippen molar-refractivity contribution in [1.29, 1.82) is 0 Å². The summed E-state index contributed by atoms with van der Waals surface area (Å²) in [6, 6.07) is 0.0538. The van der Waals surface area contributed by atoms with E-state index >= 15 is 0 Å². The van der Waals surface area contributed by atoms with Gasteiger partial charge >= 0.3 is 0 Å². The molecule has 2 unspecified atom stereocenters. The summed E-state index contributed by atoms with van der Waals surface area (Å²) in [6.07, 6.45) is 8.07. The molecule has 1 saturated heterocycles. The molecule has 20 heavy (non-hydrogen) atoms. The van der Waals surface area contributed by atoms with Crippen LogP contribution in [0.5, 0.6) is 0 Å². The van der Waals surface area contributed by atoms with Crippen molar-refractivity contribution in [2.24, 2.45) is 5.41 Å². The minimum absolute atomic E-state index is 0.0538. The molecule has 1 heterocycles. The Labute approximate surface area is 123 Å². The van der Waals surface area contributed by atoms with Gasteiger partial charge in [0.05, 0.1) is 12.2 Å². The summed E-state index contributed by atoms with van der Waals surface area (Å²) in [5.41, 5.74) is 0.348. The molecule has 2 atom stereocenters. The highest BCUT2D eigenvalue weighted by molar-refractivity contribution is 5.84. The van der Waals surface area contributed by atoms with Gasteiger partial charge in [0.15, 0.2) is 0 Å². The maximum atomic E-state index is 12.6. The third kappa shape index (κ3) is 3.53. The number of nitrogens with one attached hydrogen (secondary N) is 1. The van der Waals surface area contributed by atoms with E-state index in [1.54, 1.807) is 7.11 Å². The van der Waals surface area contributed by atoms with E-state index in [-0.39, 0.29) is 12.2 Å². The van der Waals surface area contributed by atoms with Crippen molar-refractivity contribution in [3.8, 4) is 0 Å². The maximum absolute atomic E-state index is 12.6. The number of carbonyl (C=O) groups excluding carboxylic acids is 1. The number of unbranched alkanes of at least 4 members (excludes halogenated alkanes) is 1. The second kappa shape index (κ2) is 6.90. The van der Waals surface area contributed by atoms with Crippen LogP contribution in [0.3, 0.4) is 0 Å². The molecule has 1 aliphatic carbocycles. The molecule has 1 N–H and O–H groups in total. The first-order valence-corrected chi connectivity index (χ1v) is 8.21. The molecule has 1 saturated carbocycles. The quantitative estimate of drug-likeness (QED) is 0.706. The predicted octanol–water partition coefficient (Wildman–Crippen LogP) is 2.53. The van der Waals surface area contributed by atoms with Crippen LogP contribution in [0.25, 0.3) is 0 Å². The van der Waals surface area contributed by atoms with E-state index < -0.39 is 0 Å². The number of rotatable bonds is 9. The number of nitrogens with zero attached hydrogens (tertiary/aromatic N) is 1. The van der Waals surface area contributed by atoms with Crippen molar-refractivity contribution in [2.45, 2.75) is 71.0 Å². The van der Waals surface area contributed by atoms with Crippen LogP contribution in [-0.4, -0.2) is 43.3 Å². The van der Waals surface area contributed by atoms with Gasteiger partial charge in [0, 0.05) is 20.3 Å². The minimum Gasteiger partial charge on any atom is -0.385 e. The summed E-state index contributed by atoms with van der Waals surface area (Å²) in [6.45, 7) is 6.07. The Hall–Kier alpha value is -0.610. The maximum Gasteiger partial charge on any atom is 0.241 e. The lowest BCUT2D eigenvalue weighted by Crippen LogP contribution is -2.40. The molecule has 1 aliphatic heterocycles. The largest absolute Gasteiger partial charge is 0.385 e. The Morgan fingerprint density at radius 1 is 1.40 bits per heavy atom. The summed E-state index contributed by atoms with van der Waals surface area (Å²) in [5, 5.41) is 3.53. The highest BCUT2D eigenvalue weighted by atomic mass is 16.5. The Balaban J connectivity index is 1.93. The highest BCUT2D eigenvalue weighted by Crippen LogP contribution is 2.50. The van der Waals surface area contributed by atoms with Crippen LogP contribution < -0.4 is 5.32 Å². The van der Waals surface area contributed by atoms with E-state index in [1.807, 2.05) is 0 Å². The van der Waals surface area contributed by atoms with Crippen LogP contribution in [0.4, 0.5) is 0 Å². The van der Waals surface area contributed by atoms with E-state index in [0.29, 0.717) is 11.3 Å². The zero-order valence-corrected chi connectivity index (χ0v) is 13.3. The molecular weight excluding hydrogens is 252 g/mol. The van der Waals surface area contributed by atoms with E-state index in [9.17, 15) is 4.79 Å². The van der Waals surface area contributed by atoms with Crippen LogP contribution in [0.2, 0.25) is 0 Å². The van der Waals surface area contributed by atoms with Crippen molar-refractivity contribution in [1.82, 2.24) is 10.2 Å². The average molecular weight is 282 g/mol. The molecular formula is C16H30N2O2. The summed E-state index contributed by atoms with van der Waals surface area (Å²) in [5.74, 6) is 0.328. The van der Waals surface area contributed by atoms with Gasteiger partial charge in [-0.15, -0.1) is 0 Å². The third-order valence-electron chi connectivity index (χ3n) is 4.88. The number of amides is 1. The van der Waals surface area contributed by atoms with Crippen molar-refractivity contribution in [2.75, 3.05) is 20.3 Å². The first-order chi connectivity index (χ1) is 9.65. The highest BCUT2D eigenvalue weighted by Gasteiger charge is 2.48. The van der Waals surface area contributed by atoms with Crippen molar-refractivity contribution in [3.63, 3.8) is 0 Å². The van der Waals surface area contributed by atoms with Gasteiger partial charge in [-0.05, 0) is 37.5 Å². The van der Waals surface area contributed by atoms with Crippen LogP contribution in [0.1, 0.15) is 58.8 Å². The van der Waals surface area contributed by atoms with Gasteiger partial charge in [0.25, 0.3) is 0 Å². The van der Waals surface area contributed by atoms with E-state index in [0.717, 1.165) is 45.3 Å². The zero-order valence-electron chi connectivity index (χ0n) is 13.3. The molecule has 0 spiro atoms. The number of ether oxygens (including phenoxy) is 1. The molecule has 2 rings (SSSR count). The molecule has 2 aliphatic rings. The van der Waals surface area contributed by atoms with Crippen molar-refractivity contribution < 1.29 is 9.53 Å². The summed E-state index contributed by atoms with van der Waals surface area (Å²) >= 11 is 0. The Bertz CT molecular complexity index is 328. The molecule has 4 heteroatoms. The Morgan fingerprint density at radius 2 is 2.15 bits per heavy atom. The molecule has 0 radical (unpaired) electrons. The van der Waals surface area contributed by atoms with Gasteiger partial charge in [0.2, 0.25) is 5.91 Å². The SMILES string of the molecule is CCCCC1NC(CC)N(CC2(CCOC)CC2)C1=O. The molecule has 0 aromatic heterocycles. The lowest BCUT2D eigenvalue weighted by Gasteiger charge is -2.28. The fourth-order valence-electron chi connectivity index (χ4n) is 3.23. The van der Waals surface area contributed by atoms with Gasteiger partial charge in [-0.3, -0.25) is 10.1 Å². The van der Waals surface area contributed by atoms with Gasteiger partial charge in [-0.2, -0.15) is 0 Å². The summed E-state index contributed by atoms with van der Waals surface area (Å²) in [4.78, 5) is 14.7. The molecule has 0 aromatic rings. The first kappa shape index (κ1) is 15.8. The fraction of sp³-hybridized carbons (Fsp3) is 0.938. The smallest absolute Gasteiger partial charge is 0.241 e. The predicted molar refractivity (Wildman–Crippen MR) is 80.4 cm³/mol. The van der Waals surface area contributed by atoms with Gasteiger partial charge in [-0.25, -0.2) is 0 Å². The normalized spacial score (nSPS) is 28.1. The van der Waals surface area contributed by atoms with Crippen LogP contribution in [-0.2, 0) is 9.53 Å². The molecule has 2 fully saturated rings. The molecule has 1 amide bonds. The summed E-state index contributed by atoms with van der Waals surface area (Å²) in [7, 11) is 1.76. The van der Waals surface area contributed by atoms with E-state index in [4.69, 9.17) is 4.74 Å². The zero-order chi connectivity index (χ0) is 14.6. The van der Waals surface area contributed by atoms with Crippen molar-refractivity contribution >= 4 is 5.91 Å². The van der Waals surface area contributed by atoms with Crippen LogP contribution in [0.15, 0.2) is 0 Å². The monoisotopic (exact) mass is 282 g/mol. The van der Waals surface area contributed by atoms with Crippen LogP contribution >= 0.6 is 0 Å². The topological polar surface area (TPSA) is 41.6 Å². The van der Waals surface area contributed by atoms with Gasteiger partial charge in [0.1, 0.15) is 0 Å². The van der Waals surface area contributed by atoms with Crippen LogP contribution in [0, 0.1) is 5.41 Å². The fourth-order valence-corrected chi connectivity index (χ4v) is 3.23. The van der Waals surface area contributed by atoms with E-state index in [1.165, 1.54) is 12.8 Å². The lowest BCUT2D eigenvalue weighted by molar-refractivity contribution is -0.131. The number of carbonyl (C=O) groups is 1. The van der Waals surface area contributed by atoms with Crippen molar-refractivity contribution in [3.05, 3.63) is 0 Å². The standard InChI is InChI=1S/C16H30N2O2/c1-4-6-7-13-15(19)18(14(5-2)17-13)12-16(8-9-16)10-11-20-3/h13-14,17H,4-12H2,1-3H3. The van der Waals surface area contributed by atoms with Gasteiger partial charge in [-0.1, -0.05) is 26.7 Å². The lowest BCUT2D eigenvalue weighted by atomic mass is 10.0. The second-order valence-electron chi connectivity index (χ2n) is 6.49. The molecule has 116 valence electrons. The summed E-state index contributed by atoms with van der Waals surface area (Å²) < 4.78 is 5.22.